The Morgan fingerprint density at radius 3 is 3.00 bits per heavy atom. The van der Waals surface area contributed by atoms with Gasteiger partial charge in [0.05, 0.1) is 18.3 Å². The second kappa shape index (κ2) is 6.85. The zero-order valence-corrected chi connectivity index (χ0v) is 11.8. The zero-order valence-electron chi connectivity index (χ0n) is 11.8. The van der Waals surface area contributed by atoms with E-state index < -0.39 is 5.82 Å². The number of nitrogens with one attached hydrogen (secondary N) is 1. The van der Waals surface area contributed by atoms with Gasteiger partial charge in [-0.2, -0.15) is 5.10 Å². The summed E-state index contributed by atoms with van der Waals surface area (Å²) in [6, 6.07) is 4.80. The highest BCUT2D eigenvalue weighted by Gasteiger charge is 2.10. The van der Waals surface area contributed by atoms with Crippen LogP contribution < -0.4 is 11.1 Å². The Balaban J connectivity index is 1.91. The minimum absolute atomic E-state index is 0.0968. The molecule has 2 rings (SSSR count). The molecule has 6 nitrogen and oxygen atoms in total. The molecule has 0 aliphatic rings. The molecule has 0 saturated heterocycles. The van der Waals surface area contributed by atoms with Gasteiger partial charge in [0.25, 0.3) is 0 Å². The van der Waals surface area contributed by atoms with Crippen LogP contribution in [0.3, 0.4) is 0 Å². The van der Waals surface area contributed by atoms with E-state index in [4.69, 9.17) is 10.9 Å². The first-order valence-electron chi connectivity index (χ1n) is 6.57. The monoisotopic (exact) mass is 291 g/mol. The topological polar surface area (TPSA) is 88.5 Å². The van der Waals surface area contributed by atoms with Crippen LogP contribution in [0, 0.1) is 12.7 Å². The maximum atomic E-state index is 14.1. The molecule has 0 saturated carbocycles. The highest BCUT2D eigenvalue weighted by Crippen LogP contribution is 2.12. The largest absolute Gasteiger partial charge is 0.409 e. The quantitative estimate of drug-likeness (QED) is 0.245. The van der Waals surface area contributed by atoms with Crippen molar-refractivity contribution in [3.05, 3.63) is 53.1 Å². The Morgan fingerprint density at radius 1 is 1.52 bits per heavy atom. The van der Waals surface area contributed by atoms with Gasteiger partial charge in [-0.05, 0) is 18.6 Å². The fourth-order valence-corrected chi connectivity index (χ4v) is 1.97. The average molecular weight is 291 g/mol. The number of benzene rings is 1. The first-order valence-corrected chi connectivity index (χ1v) is 6.57. The Morgan fingerprint density at radius 2 is 2.33 bits per heavy atom. The van der Waals surface area contributed by atoms with E-state index in [0.717, 1.165) is 5.56 Å². The number of aromatic nitrogens is 2. The Bertz CT molecular complexity index is 638. The maximum Gasteiger partial charge on any atom is 0.173 e. The van der Waals surface area contributed by atoms with E-state index in [2.05, 4.69) is 15.6 Å². The third kappa shape index (κ3) is 3.79. The summed E-state index contributed by atoms with van der Waals surface area (Å²) in [5.74, 6) is -0.711. The van der Waals surface area contributed by atoms with Crippen molar-refractivity contribution in [2.45, 2.75) is 20.0 Å². The van der Waals surface area contributed by atoms with Gasteiger partial charge in [-0.25, -0.2) is 4.39 Å². The molecular weight excluding hydrogens is 273 g/mol. The van der Waals surface area contributed by atoms with Gasteiger partial charge in [0.1, 0.15) is 5.82 Å². The van der Waals surface area contributed by atoms with Crippen molar-refractivity contribution in [2.24, 2.45) is 10.9 Å². The van der Waals surface area contributed by atoms with E-state index in [9.17, 15) is 4.39 Å². The van der Waals surface area contributed by atoms with Gasteiger partial charge in [0.15, 0.2) is 5.84 Å². The van der Waals surface area contributed by atoms with Crippen LogP contribution in [0.15, 0.2) is 35.7 Å². The second-order valence-corrected chi connectivity index (χ2v) is 4.72. The fourth-order valence-electron chi connectivity index (χ4n) is 1.97. The molecule has 2 aromatic rings. The number of halogens is 1. The van der Waals surface area contributed by atoms with Crippen LogP contribution in [0.5, 0.6) is 0 Å². The summed E-state index contributed by atoms with van der Waals surface area (Å²) in [6.45, 7) is 3.70. The number of oxime groups is 1. The van der Waals surface area contributed by atoms with Crippen molar-refractivity contribution < 1.29 is 9.60 Å². The molecule has 1 aromatic heterocycles. The van der Waals surface area contributed by atoms with Gasteiger partial charge in [0.2, 0.25) is 0 Å². The second-order valence-electron chi connectivity index (χ2n) is 4.72. The molecule has 21 heavy (non-hydrogen) atoms. The molecule has 0 unspecified atom stereocenters. The summed E-state index contributed by atoms with van der Waals surface area (Å²) < 4.78 is 16.0. The van der Waals surface area contributed by atoms with E-state index >= 15 is 0 Å². The van der Waals surface area contributed by atoms with E-state index in [0.29, 0.717) is 25.2 Å². The van der Waals surface area contributed by atoms with Crippen LogP contribution >= 0.6 is 0 Å². The Hall–Kier alpha value is -2.41. The molecule has 0 atom stereocenters. The van der Waals surface area contributed by atoms with Crippen LogP contribution in [0.1, 0.15) is 16.7 Å². The van der Waals surface area contributed by atoms with Gasteiger partial charge in [-0.15, -0.1) is 0 Å². The van der Waals surface area contributed by atoms with Crippen LogP contribution in [0.4, 0.5) is 4.39 Å². The number of nitrogens with two attached hydrogens (primary N) is 1. The Kier molecular flexibility index (Phi) is 4.89. The number of aryl methyl sites for hydroxylation is 1. The minimum Gasteiger partial charge on any atom is -0.409 e. The van der Waals surface area contributed by atoms with E-state index in [1.165, 1.54) is 6.07 Å². The number of rotatable bonds is 6. The predicted molar refractivity (Wildman–Crippen MR) is 77.6 cm³/mol. The first kappa shape index (κ1) is 15.0. The lowest BCUT2D eigenvalue weighted by atomic mass is 10.1. The molecule has 0 spiro atoms. The molecular formula is C14H18FN5O. The molecule has 0 amide bonds. The number of hydrogen-bond acceptors (Lipinski definition) is 4. The van der Waals surface area contributed by atoms with Crippen LogP contribution in [0.25, 0.3) is 0 Å². The third-order valence-corrected chi connectivity index (χ3v) is 3.06. The van der Waals surface area contributed by atoms with Gasteiger partial charge in [-0.1, -0.05) is 17.3 Å². The lowest BCUT2D eigenvalue weighted by molar-refractivity contribution is 0.318. The molecule has 0 aliphatic carbocycles. The number of nitrogens with zero attached hydrogens (tertiary/aromatic N) is 3. The molecule has 1 aromatic carbocycles. The molecule has 7 heteroatoms. The van der Waals surface area contributed by atoms with Crippen molar-refractivity contribution in [2.75, 3.05) is 6.54 Å². The van der Waals surface area contributed by atoms with Crippen LogP contribution in [-0.4, -0.2) is 27.4 Å². The lowest BCUT2D eigenvalue weighted by Gasteiger charge is -2.09. The smallest absolute Gasteiger partial charge is 0.173 e. The summed E-state index contributed by atoms with van der Waals surface area (Å²) in [5.41, 5.74) is 7.09. The van der Waals surface area contributed by atoms with Crippen LogP contribution in [0.2, 0.25) is 0 Å². The van der Waals surface area contributed by atoms with Gasteiger partial charge in [0, 0.05) is 24.8 Å². The first-order chi connectivity index (χ1) is 10.1. The van der Waals surface area contributed by atoms with E-state index in [-0.39, 0.29) is 11.4 Å². The van der Waals surface area contributed by atoms with Gasteiger partial charge >= 0.3 is 0 Å². The summed E-state index contributed by atoms with van der Waals surface area (Å²) in [7, 11) is 0. The van der Waals surface area contributed by atoms with Crippen molar-refractivity contribution in [1.82, 2.24) is 15.1 Å². The molecule has 1 heterocycles. The molecule has 4 N–H and O–H groups in total. The number of amidine groups is 1. The van der Waals surface area contributed by atoms with Crippen molar-refractivity contribution in [3.63, 3.8) is 0 Å². The fraction of sp³-hybridized carbons (Fsp3) is 0.286. The SMILES string of the molecule is Cc1cnn(CCNCc2cccc(/C(N)=N/O)c2F)c1. The predicted octanol–water partition coefficient (Wildman–Crippen LogP) is 1.21. The van der Waals surface area contributed by atoms with Crippen molar-refractivity contribution in [3.8, 4) is 0 Å². The lowest BCUT2D eigenvalue weighted by Crippen LogP contribution is -2.22. The zero-order chi connectivity index (χ0) is 15.2. The highest BCUT2D eigenvalue weighted by atomic mass is 19.1. The average Bonchev–Trinajstić information content (AvgIpc) is 2.90. The minimum atomic E-state index is -0.477. The Labute approximate surface area is 122 Å². The van der Waals surface area contributed by atoms with E-state index in [1.807, 2.05) is 17.8 Å². The van der Waals surface area contributed by atoms with Gasteiger partial charge < -0.3 is 16.3 Å². The third-order valence-electron chi connectivity index (χ3n) is 3.06. The van der Waals surface area contributed by atoms with E-state index in [1.54, 1.807) is 18.3 Å². The van der Waals surface area contributed by atoms with Crippen LogP contribution in [-0.2, 0) is 13.1 Å². The maximum absolute atomic E-state index is 14.1. The summed E-state index contributed by atoms with van der Waals surface area (Å²) >= 11 is 0. The molecule has 0 radical (unpaired) electrons. The van der Waals surface area contributed by atoms with Crippen molar-refractivity contribution in [1.29, 1.82) is 0 Å². The normalized spacial score (nSPS) is 11.8. The molecule has 0 aliphatic heterocycles. The number of hydrogen-bond donors (Lipinski definition) is 3. The molecule has 0 bridgehead atoms. The molecule has 0 fully saturated rings. The highest BCUT2D eigenvalue weighted by molar-refractivity contribution is 5.97. The summed E-state index contributed by atoms with van der Waals surface area (Å²) in [4.78, 5) is 0. The van der Waals surface area contributed by atoms with Crippen molar-refractivity contribution >= 4 is 5.84 Å². The standard InChI is InChI=1S/C14H18FN5O/c1-10-7-18-20(9-10)6-5-17-8-11-3-2-4-12(13(11)15)14(16)19-21/h2-4,7,9,17,21H,5-6,8H2,1H3,(H2,16,19). The summed E-state index contributed by atoms with van der Waals surface area (Å²) in [6.07, 6.45) is 3.74. The summed E-state index contributed by atoms with van der Waals surface area (Å²) in [5, 5.41) is 18.7. The molecule has 112 valence electrons. The van der Waals surface area contributed by atoms with Gasteiger partial charge in [-0.3, -0.25) is 4.68 Å².